The summed E-state index contributed by atoms with van der Waals surface area (Å²) < 4.78 is 18.3. The third-order valence-electron chi connectivity index (χ3n) is 9.47. The zero-order chi connectivity index (χ0) is 33.9. The van der Waals surface area contributed by atoms with E-state index in [4.69, 9.17) is 14.2 Å². The second kappa shape index (κ2) is 14.2. The van der Waals surface area contributed by atoms with Crippen molar-refractivity contribution >= 4 is 29.3 Å². The predicted molar refractivity (Wildman–Crippen MR) is 175 cm³/mol. The molecule has 0 bridgehead atoms. The zero-order valence-corrected chi connectivity index (χ0v) is 28.6. The highest BCUT2D eigenvalue weighted by molar-refractivity contribution is 5.97. The number of carbonyl (C=O) groups excluding carboxylic acids is 4. The van der Waals surface area contributed by atoms with E-state index in [1.807, 2.05) is 32.9 Å². The van der Waals surface area contributed by atoms with Crippen molar-refractivity contribution in [3.8, 4) is 0 Å². The lowest BCUT2D eigenvalue weighted by atomic mass is 9.67. The number of ether oxygens (including phenoxy) is 3. The van der Waals surface area contributed by atoms with Crippen LogP contribution in [0.3, 0.4) is 0 Å². The summed E-state index contributed by atoms with van der Waals surface area (Å²) in [5.41, 5.74) is 1.55. The quantitative estimate of drug-likeness (QED) is 0.184. The highest BCUT2D eigenvalue weighted by Gasteiger charge is 2.71. The topological polar surface area (TPSA) is 151 Å². The fourth-order valence-corrected chi connectivity index (χ4v) is 6.48. The molecule has 4 amide bonds. The van der Waals surface area contributed by atoms with Crippen molar-refractivity contribution in [2.75, 3.05) is 19.0 Å². The van der Waals surface area contributed by atoms with Gasteiger partial charge in [-0.15, -0.1) is 0 Å². The minimum absolute atomic E-state index is 0.00256. The molecular weight excluding hydrogens is 588 g/mol. The number of ketones is 1. The molecule has 254 valence electrons. The molecule has 11 nitrogen and oxygen atoms in total. The van der Waals surface area contributed by atoms with Crippen molar-refractivity contribution in [2.45, 2.75) is 123 Å². The molecule has 3 aliphatic rings. The predicted octanol–water partition coefficient (Wildman–Crippen LogP) is 4.40. The van der Waals surface area contributed by atoms with E-state index in [1.54, 1.807) is 26.2 Å². The largest absolute Gasteiger partial charge is 0.379 e. The second-order valence-corrected chi connectivity index (χ2v) is 14.5. The molecule has 3 fully saturated rings. The highest BCUT2D eigenvalue weighted by atomic mass is 16.6. The van der Waals surface area contributed by atoms with Crippen molar-refractivity contribution in [3.05, 3.63) is 41.5 Å². The normalized spacial score (nSPS) is 28.9. The van der Waals surface area contributed by atoms with E-state index in [2.05, 4.69) is 48.1 Å². The first-order valence-corrected chi connectivity index (χ1v) is 16.3. The summed E-state index contributed by atoms with van der Waals surface area (Å²) in [6.07, 6.45) is 4.66. The molecule has 1 spiro atoms. The van der Waals surface area contributed by atoms with Gasteiger partial charge in [0.05, 0.1) is 30.5 Å². The molecule has 0 radical (unpaired) electrons. The van der Waals surface area contributed by atoms with Gasteiger partial charge in [-0.1, -0.05) is 44.6 Å². The van der Waals surface area contributed by atoms with E-state index in [9.17, 15) is 19.2 Å². The maximum absolute atomic E-state index is 13.0. The lowest BCUT2D eigenvalue weighted by Crippen LogP contribution is -2.60. The van der Waals surface area contributed by atoms with Crippen LogP contribution in [0.5, 0.6) is 0 Å². The van der Waals surface area contributed by atoms with Crippen molar-refractivity contribution in [1.82, 2.24) is 16.0 Å². The number of nitrogens with one attached hydrogen (secondary N) is 4. The van der Waals surface area contributed by atoms with Crippen LogP contribution in [0.25, 0.3) is 0 Å². The second-order valence-electron chi connectivity index (χ2n) is 14.5. The van der Waals surface area contributed by atoms with Crippen LogP contribution in [0, 0.1) is 11.3 Å². The Bertz CT molecular complexity index is 1310. The van der Waals surface area contributed by atoms with E-state index >= 15 is 0 Å². The van der Waals surface area contributed by atoms with Gasteiger partial charge in [0.1, 0.15) is 17.4 Å². The molecule has 1 aromatic rings. The first kappa shape index (κ1) is 35.6. The summed E-state index contributed by atoms with van der Waals surface area (Å²) in [6.45, 7) is 14.3. The van der Waals surface area contributed by atoms with Gasteiger partial charge in [-0.25, -0.2) is 4.79 Å². The Hall–Kier alpha value is -3.28. The van der Waals surface area contributed by atoms with Gasteiger partial charge in [-0.3, -0.25) is 14.4 Å². The van der Waals surface area contributed by atoms with E-state index in [-0.39, 0.29) is 71.8 Å². The molecule has 46 heavy (non-hydrogen) atoms. The van der Waals surface area contributed by atoms with Gasteiger partial charge in [0.2, 0.25) is 11.8 Å². The Balaban J connectivity index is 1.23. The number of carbonyl (C=O) groups is 4. The molecule has 1 saturated carbocycles. The summed E-state index contributed by atoms with van der Waals surface area (Å²) in [7, 11) is 1.69. The van der Waals surface area contributed by atoms with Gasteiger partial charge in [0, 0.05) is 43.5 Å². The average Bonchev–Trinajstić information content (AvgIpc) is 3.91. The number of amides is 4. The fraction of sp³-hybridized carbons (Fsp3) is 0.657. The van der Waals surface area contributed by atoms with E-state index in [1.165, 1.54) is 5.57 Å². The Morgan fingerprint density at radius 3 is 2.37 bits per heavy atom. The van der Waals surface area contributed by atoms with Crippen LogP contribution in [0.2, 0.25) is 0 Å². The van der Waals surface area contributed by atoms with Crippen molar-refractivity contribution in [3.63, 3.8) is 0 Å². The van der Waals surface area contributed by atoms with E-state index in [0.29, 0.717) is 18.8 Å². The van der Waals surface area contributed by atoms with Crippen LogP contribution in [0.15, 0.2) is 35.9 Å². The number of hydrogen-bond donors (Lipinski definition) is 4. The average molecular weight is 641 g/mol. The van der Waals surface area contributed by atoms with Gasteiger partial charge in [-0.2, -0.15) is 0 Å². The minimum Gasteiger partial charge on any atom is -0.379 e. The molecule has 1 aliphatic carbocycles. The number of rotatable bonds is 13. The minimum atomic E-state index is -0.767. The number of allylic oxidation sites excluding steroid dienone is 1. The third kappa shape index (κ3) is 8.74. The van der Waals surface area contributed by atoms with Gasteiger partial charge in [0.25, 0.3) is 0 Å². The molecule has 1 aromatic carbocycles. The van der Waals surface area contributed by atoms with Crippen molar-refractivity contribution in [1.29, 1.82) is 0 Å². The Labute approximate surface area is 272 Å². The number of urea groups is 1. The summed E-state index contributed by atoms with van der Waals surface area (Å²) in [5.74, 6) is -0.709. The van der Waals surface area contributed by atoms with Gasteiger partial charge < -0.3 is 35.5 Å². The van der Waals surface area contributed by atoms with Crippen LogP contribution >= 0.6 is 0 Å². The van der Waals surface area contributed by atoms with E-state index < -0.39 is 11.5 Å². The van der Waals surface area contributed by atoms with Crippen LogP contribution in [-0.4, -0.2) is 72.8 Å². The maximum atomic E-state index is 13.0. The van der Waals surface area contributed by atoms with Gasteiger partial charge in [0.15, 0.2) is 0 Å². The molecule has 11 heteroatoms. The van der Waals surface area contributed by atoms with Crippen LogP contribution < -0.4 is 21.3 Å². The molecule has 4 N–H and O–H groups in total. The van der Waals surface area contributed by atoms with Crippen LogP contribution in [0.4, 0.5) is 10.5 Å². The monoisotopic (exact) mass is 640 g/mol. The standard InChI is InChI=1S/C35H52N4O7/c1-21(2)9-15-27-34(7,46-27)30-29(44-8)25(17-18-35(30)20-45-35)39-32(43)36-19-23-10-12-24(13-11-23)38-31(42)22(3)37-28(41)16-14-26(40)33(4,5)6/h9-13,22,25,27,29-30H,14-20H2,1-8H3,(H,37,41)(H,38,42)(H2,36,39,43)/t22-,25+,27+,29+,30+,34+,35-/m0/s1. The number of methoxy groups -OCH3 is 1. The Morgan fingerprint density at radius 2 is 1.78 bits per heavy atom. The summed E-state index contributed by atoms with van der Waals surface area (Å²) in [4.78, 5) is 49.9. The molecule has 2 aliphatic heterocycles. The first-order valence-electron chi connectivity index (χ1n) is 16.3. The third-order valence-corrected chi connectivity index (χ3v) is 9.47. The number of Topliss-reactive ketones (excluding diaryl/α,β-unsaturated/α-hetero) is 1. The van der Waals surface area contributed by atoms with Crippen molar-refractivity contribution < 1.29 is 33.4 Å². The molecular formula is C35H52N4O7. The zero-order valence-electron chi connectivity index (χ0n) is 28.6. The molecule has 4 rings (SSSR count). The Kier molecular flexibility index (Phi) is 11.0. The number of hydrogen-bond acceptors (Lipinski definition) is 7. The van der Waals surface area contributed by atoms with Gasteiger partial charge >= 0.3 is 6.03 Å². The van der Waals surface area contributed by atoms with Crippen LogP contribution in [-0.2, 0) is 35.1 Å². The van der Waals surface area contributed by atoms with Crippen LogP contribution in [0.1, 0.15) is 86.1 Å². The summed E-state index contributed by atoms with van der Waals surface area (Å²) in [6, 6.07) is 5.88. The lowest BCUT2D eigenvalue weighted by molar-refractivity contribution is -0.130. The molecule has 0 unspecified atom stereocenters. The Morgan fingerprint density at radius 1 is 1.11 bits per heavy atom. The number of epoxide rings is 2. The molecule has 0 aromatic heterocycles. The smallest absolute Gasteiger partial charge is 0.315 e. The lowest BCUT2D eigenvalue weighted by Gasteiger charge is -2.43. The SMILES string of the molecule is CO[C@@H]1[C@H](NC(=O)NCc2ccc(NC(=O)[C@H](C)NC(=O)CCC(=O)C(C)(C)C)cc2)CC[C@]2(CO2)[C@H]1[C@]1(C)O[C@@H]1CC=C(C)C. The highest BCUT2D eigenvalue weighted by Crippen LogP contribution is 2.59. The van der Waals surface area contributed by atoms with Crippen molar-refractivity contribution in [2.24, 2.45) is 11.3 Å². The number of anilines is 1. The van der Waals surface area contributed by atoms with Gasteiger partial charge in [-0.05, 0) is 64.7 Å². The molecule has 2 heterocycles. The number of benzene rings is 1. The molecule has 2 saturated heterocycles. The first-order chi connectivity index (χ1) is 21.6. The fourth-order valence-electron chi connectivity index (χ4n) is 6.48. The summed E-state index contributed by atoms with van der Waals surface area (Å²) >= 11 is 0. The summed E-state index contributed by atoms with van der Waals surface area (Å²) in [5, 5.41) is 11.5. The maximum Gasteiger partial charge on any atom is 0.315 e. The molecule has 7 atom stereocenters. The van der Waals surface area contributed by atoms with E-state index in [0.717, 1.165) is 24.8 Å².